The first-order valence-electron chi connectivity index (χ1n) is 9.24. The van der Waals surface area contributed by atoms with Crippen LogP contribution >= 0.6 is 0 Å². The van der Waals surface area contributed by atoms with Gasteiger partial charge in [0.25, 0.3) is 0 Å². The summed E-state index contributed by atoms with van der Waals surface area (Å²) in [4.78, 5) is 9.19. The van der Waals surface area contributed by atoms with E-state index in [2.05, 4.69) is 14.8 Å². The summed E-state index contributed by atoms with van der Waals surface area (Å²) < 4.78 is 11.9. The van der Waals surface area contributed by atoms with Crippen molar-refractivity contribution in [1.29, 1.82) is 0 Å². The number of para-hydroxylation sites is 2. The minimum Gasteiger partial charge on any atom is -0.486 e. The summed E-state index contributed by atoms with van der Waals surface area (Å²) >= 11 is 0. The molecule has 1 aromatic heterocycles. The van der Waals surface area contributed by atoms with Crippen molar-refractivity contribution >= 4 is 5.82 Å². The molecule has 2 aliphatic rings. The van der Waals surface area contributed by atoms with Gasteiger partial charge in [0.15, 0.2) is 11.5 Å². The van der Waals surface area contributed by atoms with E-state index in [1.165, 1.54) is 0 Å². The van der Waals surface area contributed by atoms with E-state index in [0.717, 1.165) is 62.0 Å². The number of hydrogen-bond acceptors (Lipinski definition) is 6. The van der Waals surface area contributed by atoms with Gasteiger partial charge >= 0.3 is 0 Å². The van der Waals surface area contributed by atoms with E-state index in [9.17, 15) is 5.11 Å². The first kappa shape index (κ1) is 17.1. The fraction of sp³-hybridized carbons (Fsp3) is 0.450. The van der Waals surface area contributed by atoms with Crippen LogP contribution in [0, 0.1) is 0 Å². The van der Waals surface area contributed by atoms with Gasteiger partial charge in [-0.05, 0) is 24.6 Å². The maximum Gasteiger partial charge on any atom is 0.161 e. The van der Waals surface area contributed by atoms with E-state index >= 15 is 0 Å². The minimum atomic E-state index is 0.0239. The van der Waals surface area contributed by atoms with E-state index in [4.69, 9.17) is 9.47 Å². The molecular weight excluding hydrogens is 330 g/mol. The number of fused-ring (bicyclic) bond motifs is 1. The van der Waals surface area contributed by atoms with Gasteiger partial charge < -0.3 is 19.5 Å². The second-order valence-electron chi connectivity index (χ2n) is 6.78. The maximum atomic E-state index is 9.56. The summed E-state index contributed by atoms with van der Waals surface area (Å²) in [5, 5.41) is 9.56. The fourth-order valence-corrected chi connectivity index (χ4v) is 3.64. The van der Waals surface area contributed by atoms with Crippen LogP contribution < -0.4 is 14.4 Å². The van der Waals surface area contributed by atoms with Crippen molar-refractivity contribution in [2.24, 2.45) is 0 Å². The van der Waals surface area contributed by atoms with Crippen LogP contribution in [0.4, 0.5) is 5.82 Å². The van der Waals surface area contributed by atoms with Crippen LogP contribution in [0.5, 0.6) is 11.5 Å². The van der Waals surface area contributed by atoms with Gasteiger partial charge in [-0.1, -0.05) is 18.2 Å². The van der Waals surface area contributed by atoms with Gasteiger partial charge in [-0.3, -0.25) is 4.90 Å². The lowest BCUT2D eigenvalue weighted by Crippen LogP contribution is -2.42. The molecule has 2 aliphatic heterocycles. The second kappa shape index (κ2) is 7.93. The van der Waals surface area contributed by atoms with E-state index in [1.54, 1.807) is 6.20 Å². The highest BCUT2D eigenvalue weighted by atomic mass is 16.6. The third kappa shape index (κ3) is 3.76. The van der Waals surface area contributed by atoms with Crippen molar-refractivity contribution in [2.75, 3.05) is 44.2 Å². The van der Waals surface area contributed by atoms with Crippen LogP contribution in [0.15, 0.2) is 42.6 Å². The first-order valence-corrected chi connectivity index (χ1v) is 9.24. The molecule has 0 spiro atoms. The van der Waals surface area contributed by atoms with Crippen LogP contribution in [0.25, 0.3) is 0 Å². The highest BCUT2D eigenvalue weighted by Gasteiger charge is 2.25. The molecule has 1 saturated heterocycles. The predicted octanol–water partition coefficient (Wildman–Crippen LogP) is 1.93. The van der Waals surface area contributed by atoms with Gasteiger partial charge in [-0.2, -0.15) is 0 Å². The summed E-state index contributed by atoms with van der Waals surface area (Å²) in [6.45, 7) is 5.29. The van der Waals surface area contributed by atoms with Crippen LogP contribution in [0.3, 0.4) is 0 Å². The van der Waals surface area contributed by atoms with Crippen LogP contribution in [0.2, 0.25) is 0 Å². The van der Waals surface area contributed by atoms with Gasteiger partial charge in [0.2, 0.25) is 0 Å². The quantitative estimate of drug-likeness (QED) is 0.904. The van der Waals surface area contributed by atoms with Crippen molar-refractivity contribution < 1.29 is 14.6 Å². The van der Waals surface area contributed by atoms with E-state index < -0.39 is 0 Å². The Morgan fingerprint density at radius 3 is 2.81 bits per heavy atom. The summed E-state index contributed by atoms with van der Waals surface area (Å²) in [6, 6.07) is 11.7. The number of aliphatic hydroxyl groups excluding tert-OH is 1. The Morgan fingerprint density at radius 2 is 1.92 bits per heavy atom. The summed E-state index contributed by atoms with van der Waals surface area (Å²) in [5.74, 6) is 2.57. The molecule has 4 rings (SSSR count). The zero-order chi connectivity index (χ0) is 17.8. The smallest absolute Gasteiger partial charge is 0.161 e. The van der Waals surface area contributed by atoms with E-state index in [0.29, 0.717) is 6.61 Å². The molecule has 6 heteroatoms. The molecule has 1 fully saturated rings. The average Bonchev–Trinajstić information content (AvgIpc) is 2.93. The average molecular weight is 355 g/mol. The molecule has 1 N–H and O–H groups in total. The molecule has 6 nitrogen and oxygen atoms in total. The standard InChI is InChI=1S/C20H25N3O3/c24-14-16-5-3-8-21-20(16)23-10-4-9-22(11-12-23)13-17-15-25-18-6-1-2-7-19(18)26-17/h1-3,5-8,17,24H,4,9-15H2. The van der Waals surface area contributed by atoms with Crippen LogP contribution in [-0.4, -0.2) is 60.4 Å². The number of aliphatic hydroxyl groups is 1. The van der Waals surface area contributed by atoms with E-state index in [1.807, 2.05) is 36.4 Å². The highest BCUT2D eigenvalue weighted by molar-refractivity contribution is 5.46. The third-order valence-electron chi connectivity index (χ3n) is 4.96. The number of pyridine rings is 1. The first-order chi connectivity index (χ1) is 12.8. The van der Waals surface area contributed by atoms with Gasteiger partial charge in [-0.15, -0.1) is 0 Å². The molecule has 0 saturated carbocycles. The van der Waals surface area contributed by atoms with Crippen LogP contribution in [-0.2, 0) is 6.61 Å². The molecule has 26 heavy (non-hydrogen) atoms. The summed E-state index contributed by atoms with van der Waals surface area (Å²) in [6.07, 6.45) is 2.91. The summed E-state index contributed by atoms with van der Waals surface area (Å²) in [7, 11) is 0. The monoisotopic (exact) mass is 355 g/mol. The van der Waals surface area contributed by atoms with Crippen molar-refractivity contribution in [3.05, 3.63) is 48.2 Å². The van der Waals surface area contributed by atoms with Gasteiger partial charge in [0, 0.05) is 44.5 Å². The number of ether oxygens (including phenoxy) is 2. The highest BCUT2D eigenvalue weighted by Crippen LogP contribution is 2.31. The Morgan fingerprint density at radius 1 is 1.04 bits per heavy atom. The Bertz CT molecular complexity index is 740. The third-order valence-corrected chi connectivity index (χ3v) is 4.96. The molecule has 138 valence electrons. The SMILES string of the molecule is OCc1cccnc1N1CCCN(CC2COc3ccccc3O2)CC1. The van der Waals surface area contributed by atoms with Gasteiger partial charge in [-0.25, -0.2) is 4.98 Å². The maximum absolute atomic E-state index is 9.56. The Kier molecular flexibility index (Phi) is 5.22. The number of nitrogens with zero attached hydrogens (tertiary/aromatic N) is 3. The van der Waals surface area contributed by atoms with Crippen molar-refractivity contribution in [1.82, 2.24) is 9.88 Å². The molecule has 1 atom stereocenters. The van der Waals surface area contributed by atoms with Crippen molar-refractivity contribution in [2.45, 2.75) is 19.1 Å². The lowest BCUT2D eigenvalue weighted by atomic mass is 10.2. The molecular formula is C20H25N3O3. The minimum absolute atomic E-state index is 0.0239. The topological polar surface area (TPSA) is 58.1 Å². The lowest BCUT2D eigenvalue weighted by molar-refractivity contribution is 0.0606. The predicted molar refractivity (Wildman–Crippen MR) is 99.8 cm³/mol. The van der Waals surface area contributed by atoms with Crippen LogP contribution in [0.1, 0.15) is 12.0 Å². The Balaban J connectivity index is 1.36. The number of aromatic nitrogens is 1. The molecule has 1 unspecified atom stereocenters. The van der Waals surface area contributed by atoms with Crippen molar-refractivity contribution in [3.8, 4) is 11.5 Å². The zero-order valence-corrected chi connectivity index (χ0v) is 14.9. The number of benzene rings is 1. The molecule has 3 heterocycles. The molecule has 0 radical (unpaired) electrons. The second-order valence-corrected chi connectivity index (χ2v) is 6.78. The Labute approximate surface area is 154 Å². The molecule has 0 bridgehead atoms. The summed E-state index contributed by atoms with van der Waals surface area (Å²) in [5.41, 5.74) is 0.890. The number of rotatable bonds is 4. The zero-order valence-electron chi connectivity index (χ0n) is 14.9. The Hall–Kier alpha value is -2.31. The van der Waals surface area contributed by atoms with Gasteiger partial charge in [0.05, 0.1) is 6.61 Å². The molecule has 0 amide bonds. The number of hydrogen-bond donors (Lipinski definition) is 1. The molecule has 0 aliphatic carbocycles. The molecule has 1 aromatic carbocycles. The molecule has 2 aromatic rings. The normalized spacial score (nSPS) is 20.7. The van der Waals surface area contributed by atoms with E-state index in [-0.39, 0.29) is 12.7 Å². The largest absolute Gasteiger partial charge is 0.486 e. The number of anilines is 1. The van der Waals surface area contributed by atoms with Crippen molar-refractivity contribution in [3.63, 3.8) is 0 Å². The fourth-order valence-electron chi connectivity index (χ4n) is 3.64. The lowest BCUT2D eigenvalue weighted by Gasteiger charge is -2.31. The van der Waals surface area contributed by atoms with Gasteiger partial charge in [0.1, 0.15) is 18.5 Å².